The second-order valence-electron chi connectivity index (χ2n) is 12.4. The number of rotatable bonds is 1. The molecule has 1 spiro atoms. The van der Waals surface area contributed by atoms with Crippen LogP contribution in [0.5, 0.6) is 0 Å². The summed E-state index contributed by atoms with van der Waals surface area (Å²) >= 11 is 0. The molecule has 2 saturated heterocycles. The van der Waals surface area contributed by atoms with E-state index in [9.17, 15) is 9.90 Å². The second-order valence-corrected chi connectivity index (χ2v) is 12.4. The van der Waals surface area contributed by atoms with Crippen LogP contribution >= 0.6 is 0 Å². The van der Waals surface area contributed by atoms with Crippen molar-refractivity contribution in [3.05, 3.63) is 11.6 Å². The molecule has 3 saturated carbocycles. The van der Waals surface area contributed by atoms with Gasteiger partial charge in [0.1, 0.15) is 0 Å². The van der Waals surface area contributed by atoms with Gasteiger partial charge in [-0.05, 0) is 86.0 Å². The van der Waals surface area contributed by atoms with Crippen LogP contribution in [0.4, 0.5) is 0 Å². The predicted octanol–water partition coefficient (Wildman–Crippen LogP) is 4.89. The molecule has 2 aliphatic heterocycles. The van der Waals surface area contributed by atoms with Crippen molar-refractivity contribution in [3.63, 3.8) is 0 Å². The molecule has 0 amide bonds. The van der Waals surface area contributed by atoms with E-state index >= 15 is 0 Å². The van der Waals surface area contributed by atoms with Crippen molar-refractivity contribution in [2.75, 3.05) is 13.2 Å². The Bertz CT molecular complexity index is 795. The minimum atomic E-state index is -0.342. The van der Waals surface area contributed by atoms with Crippen LogP contribution in [0.15, 0.2) is 11.6 Å². The molecule has 0 radical (unpaired) electrons. The highest BCUT2D eigenvalue weighted by molar-refractivity contribution is 5.91. The Labute approximate surface area is 187 Å². The Hall–Kier alpha value is -0.710. The van der Waals surface area contributed by atoms with E-state index in [4.69, 9.17) is 9.47 Å². The van der Waals surface area contributed by atoms with E-state index in [0.29, 0.717) is 53.4 Å². The Morgan fingerprint density at radius 3 is 2.68 bits per heavy atom. The smallest absolute Gasteiger partial charge is 0.171 e. The van der Waals surface area contributed by atoms with Gasteiger partial charge in [0, 0.05) is 24.2 Å². The van der Waals surface area contributed by atoms with Crippen LogP contribution in [0.2, 0.25) is 0 Å². The lowest BCUT2D eigenvalue weighted by Gasteiger charge is -2.59. The number of aliphatic hydroxyl groups excluding tert-OH is 1. The number of aliphatic hydroxyl groups is 1. The maximum atomic E-state index is 12.1. The fourth-order valence-corrected chi connectivity index (χ4v) is 9.68. The van der Waals surface area contributed by atoms with Crippen LogP contribution in [-0.2, 0) is 14.3 Å². The molecule has 172 valence electrons. The van der Waals surface area contributed by atoms with Gasteiger partial charge in [0.15, 0.2) is 11.6 Å². The van der Waals surface area contributed by atoms with E-state index in [1.165, 1.54) is 31.3 Å². The fraction of sp³-hybridized carbons (Fsp3) is 0.889. The van der Waals surface area contributed by atoms with Crippen molar-refractivity contribution in [3.8, 4) is 0 Å². The molecule has 0 aromatic rings. The molecule has 6 aliphatic rings. The molecular weight excluding hydrogens is 388 g/mol. The Morgan fingerprint density at radius 2 is 1.94 bits per heavy atom. The zero-order valence-corrected chi connectivity index (χ0v) is 19.6. The molecule has 2 heterocycles. The molecule has 0 unspecified atom stereocenters. The van der Waals surface area contributed by atoms with E-state index < -0.39 is 0 Å². The average molecular weight is 429 g/mol. The van der Waals surface area contributed by atoms with Crippen LogP contribution in [0.25, 0.3) is 0 Å². The highest BCUT2D eigenvalue weighted by atomic mass is 16.7. The molecule has 5 fully saturated rings. The standard InChI is InChI=1S/C27H40O4/c1-16-6-11-27(30-14-16)17(2)24-23(31-27)13-22-20-5-4-18-12-19(29)7-10-26(18,15-28)21(20)8-9-25(22,24)3/h12,16-17,20-24,28H,4-11,13-15H2,1-3H3/t16-,17+,20-,21+,22+,23+,24+,25+,26-,27-/m1/s1. The molecule has 31 heavy (non-hydrogen) atoms. The summed E-state index contributed by atoms with van der Waals surface area (Å²) in [5.41, 5.74) is 1.44. The van der Waals surface area contributed by atoms with Crippen molar-refractivity contribution < 1.29 is 19.4 Å². The van der Waals surface area contributed by atoms with E-state index in [1.807, 2.05) is 6.08 Å². The molecule has 0 aromatic heterocycles. The number of ether oxygens (including phenoxy) is 2. The zero-order chi connectivity index (χ0) is 21.6. The minimum Gasteiger partial charge on any atom is -0.395 e. The van der Waals surface area contributed by atoms with Crippen molar-refractivity contribution in [1.29, 1.82) is 0 Å². The summed E-state index contributed by atoms with van der Waals surface area (Å²) in [5, 5.41) is 10.6. The lowest BCUT2D eigenvalue weighted by molar-refractivity contribution is -0.272. The van der Waals surface area contributed by atoms with Gasteiger partial charge in [0.2, 0.25) is 0 Å². The summed E-state index contributed by atoms with van der Waals surface area (Å²) in [6.45, 7) is 8.30. The molecule has 10 atom stereocenters. The zero-order valence-electron chi connectivity index (χ0n) is 19.6. The number of hydrogen-bond acceptors (Lipinski definition) is 4. The van der Waals surface area contributed by atoms with Gasteiger partial charge in [-0.3, -0.25) is 4.79 Å². The van der Waals surface area contributed by atoms with Crippen molar-refractivity contribution in [2.24, 2.45) is 46.3 Å². The summed E-state index contributed by atoms with van der Waals surface area (Å²) in [7, 11) is 0. The third kappa shape index (κ3) is 2.68. The number of hydrogen-bond donors (Lipinski definition) is 1. The normalized spacial score (nSPS) is 55.9. The van der Waals surface area contributed by atoms with Gasteiger partial charge in [-0.1, -0.05) is 26.3 Å². The van der Waals surface area contributed by atoms with Crippen LogP contribution in [0.1, 0.15) is 78.6 Å². The maximum Gasteiger partial charge on any atom is 0.171 e. The lowest BCUT2D eigenvalue weighted by Crippen LogP contribution is -2.54. The van der Waals surface area contributed by atoms with Gasteiger partial charge >= 0.3 is 0 Å². The average Bonchev–Trinajstić information content (AvgIpc) is 3.20. The first kappa shape index (κ1) is 20.9. The molecule has 4 aliphatic carbocycles. The van der Waals surface area contributed by atoms with Crippen molar-refractivity contribution in [1.82, 2.24) is 0 Å². The fourth-order valence-electron chi connectivity index (χ4n) is 9.68. The summed E-state index contributed by atoms with van der Waals surface area (Å²) in [6.07, 6.45) is 11.7. The number of carbonyl (C=O) groups is 1. The molecule has 0 bridgehead atoms. The van der Waals surface area contributed by atoms with Crippen LogP contribution in [0, 0.1) is 46.3 Å². The summed E-state index contributed by atoms with van der Waals surface area (Å²) in [4.78, 5) is 12.1. The molecule has 4 nitrogen and oxygen atoms in total. The number of carbonyl (C=O) groups excluding carboxylic acids is 1. The van der Waals surface area contributed by atoms with E-state index in [1.54, 1.807) is 0 Å². The monoisotopic (exact) mass is 428 g/mol. The first-order chi connectivity index (χ1) is 14.8. The molecule has 0 aromatic carbocycles. The summed E-state index contributed by atoms with van der Waals surface area (Å²) < 4.78 is 13.3. The Morgan fingerprint density at radius 1 is 1.10 bits per heavy atom. The third-order valence-corrected chi connectivity index (χ3v) is 11.2. The van der Waals surface area contributed by atoms with Crippen LogP contribution in [-0.4, -0.2) is 36.0 Å². The third-order valence-electron chi connectivity index (χ3n) is 11.2. The van der Waals surface area contributed by atoms with E-state index in [0.717, 1.165) is 32.3 Å². The molecule has 1 N–H and O–H groups in total. The SMILES string of the molecule is C[C@@H]1CC[C@@]2(OC1)O[C@H]1C[C@H]3[C@@H]4CCC5=CC(=O)CC[C@]5(CO)[C@H]4CC[C@]3(C)[C@H]1[C@@H]2C. The number of ketones is 1. The number of fused-ring (bicyclic) bond motifs is 7. The van der Waals surface area contributed by atoms with Gasteiger partial charge in [-0.2, -0.15) is 0 Å². The van der Waals surface area contributed by atoms with Gasteiger partial charge in [0.05, 0.1) is 19.3 Å². The maximum absolute atomic E-state index is 12.1. The van der Waals surface area contributed by atoms with E-state index in [2.05, 4.69) is 20.8 Å². The largest absolute Gasteiger partial charge is 0.395 e. The van der Waals surface area contributed by atoms with Gasteiger partial charge in [0.25, 0.3) is 0 Å². The van der Waals surface area contributed by atoms with Crippen LogP contribution in [0.3, 0.4) is 0 Å². The second kappa shape index (κ2) is 6.90. The lowest BCUT2D eigenvalue weighted by atomic mass is 9.46. The molecule has 6 rings (SSSR count). The first-order valence-electron chi connectivity index (χ1n) is 13.0. The minimum absolute atomic E-state index is 0.133. The van der Waals surface area contributed by atoms with Crippen molar-refractivity contribution >= 4 is 5.78 Å². The first-order valence-corrected chi connectivity index (χ1v) is 13.0. The predicted molar refractivity (Wildman–Crippen MR) is 118 cm³/mol. The highest BCUT2D eigenvalue weighted by Crippen LogP contribution is 2.70. The Balaban J connectivity index is 1.29. The summed E-state index contributed by atoms with van der Waals surface area (Å²) in [5.74, 6) is 3.46. The van der Waals surface area contributed by atoms with Gasteiger partial charge in [-0.25, -0.2) is 0 Å². The molecular formula is C27H40O4. The quantitative estimate of drug-likeness (QED) is 0.646. The topological polar surface area (TPSA) is 55.8 Å². The summed E-state index contributed by atoms with van der Waals surface area (Å²) in [6, 6.07) is 0. The highest BCUT2D eigenvalue weighted by Gasteiger charge is 2.69. The molecule has 4 heteroatoms. The van der Waals surface area contributed by atoms with Gasteiger partial charge in [-0.15, -0.1) is 0 Å². The van der Waals surface area contributed by atoms with E-state index in [-0.39, 0.29) is 23.6 Å². The van der Waals surface area contributed by atoms with Crippen molar-refractivity contribution in [2.45, 2.75) is 90.4 Å². The Kier molecular flexibility index (Phi) is 4.64. The van der Waals surface area contributed by atoms with Crippen LogP contribution < -0.4 is 0 Å². The van der Waals surface area contributed by atoms with Gasteiger partial charge < -0.3 is 14.6 Å².